The zero-order valence-corrected chi connectivity index (χ0v) is 13.9. The third-order valence-corrected chi connectivity index (χ3v) is 3.94. The van der Waals surface area contributed by atoms with Gasteiger partial charge >= 0.3 is 6.03 Å². The molecule has 4 amide bonds. The Balaban J connectivity index is 1.76. The van der Waals surface area contributed by atoms with Crippen LogP contribution in [0.4, 0.5) is 20.6 Å². The van der Waals surface area contributed by atoms with Crippen LogP contribution in [0.15, 0.2) is 48.5 Å². The third kappa shape index (κ3) is 3.49. The number of halogens is 1. The topological polar surface area (TPSA) is 87.7 Å². The highest BCUT2D eigenvalue weighted by Crippen LogP contribution is 2.22. The van der Waals surface area contributed by atoms with Gasteiger partial charge in [-0.05, 0) is 48.5 Å². The van der Waals surface area contributed by atoms with Crippen LogP contribution in [0, 0.1) is 11.7 Å². The molecule has 2 aromatic rings. The number of nitrogens with one attached hydrogen (secondary N) is 2. The standard InChI is InChI=1S/C18H16FN3O4/c1-26-14-8-4-12(5-9-14)21-16(23)15-10-20-18(25)22(17(15)24)13-6-2-11(19)3-7-13/h2-9,15H,10H2,1H3,(H,20,25)(H,21,23). The molecule has 1 atom stereocenters. The molecule has 134 valence electrons. The number of hydrogen-bond donors (Lipinski definition) is 2. The lowest BCUT2D eigenvalue weighted by Gasteiger charge is -2.30. The zero-order chi connectivity index (χ0) is 18.7. The maximum absolute atomic E-state index is 13.1. The van der Waals surface area contributed by atoms with Crippen LogP contribution in [0.2, 0.25) is 0 Å². The van der Waals surface area contributed by atoms with Crippen molar-refractivity contribution in [1.29, 1.82) is 0 Å². The number of amides is 4. The Morgan fingerprint density at radius 1 is 1.15 bits per heavy atom. The van der Waals surface area contributed by atoms with Crippen molar-refractivity contribution in [3.8, 4) is 5.75 Å². The first-order valence-electron chi connectivity index (χ1n) is 7.82. The Morgan fingerprint density at radius 3 is 2.42 bits per heavy atom. The van der Waals surface area contributed by atoms with E-state index in [-0.39, 0.29) is 12.2 Å². The number of methoxy groups -OCH3 is 1. The summed E-state index contributed by atoms with van der Waals surface area (Å²) in [6.07, 6.45) is 0. The fraction of sp³-hybridized carbons (Fsp3) is 0.167. The summed E-state index contributed by atoms with van der Waals surface area (Å²) >= 11 is 0. The third-order valence-electron chi connectivity index (χ3n) is 3.94. The number of rotatable bonds is 4. The number of urea groups is 1. The quantitative estimate of drug-likeness (QED) is 0.821. The molecule has 1 aliphatic rings. The number of benzene rings is 2. The van der Waals surface area contributed by atoms with E-state index in [1.807, 2.05) is 0 Å². The molecule has 1 aliphatic heterocycles. The predicted octanol–water partition coefficient (Wildman–Crippen LogP) is 2.15. The highest BCUT2D eigenvalue weighted by atomic mass is 19.1. The van der Waals surface area contributed by atoms with Gasteiger partial charge in [-0.2, -0.15) is 0 Å². The highest BCUT2D eigenvalue weighted by Gasteiger charge is 2.39. The molecule has 1 saturated heterocycles. The van der Waals surface area contributed by atoms with Crippen molar-refractivity contribution in [3.05, 3.63) is 54.3 Å². The van der Waals surface area contributed by atoms with E-state index in [1.165, 1.54) is 19.2 Å². The Labute approximate surface area is 148 Å². The van der Waals surface area contributed by atoms with Gasteiger partial charge in [-0.15, -0.1) is 0 Å². The Kier molecular flexibility index (Phi) is 4.83. The molecule has 1 fully saturated rings. The molecule has 0 spiro atoms. The second-order valence-corrected chi connectivity index (χ2v) is 5.61. The Hall–Kier alpha value is -3.42. The summed E-state index contributed by atoms with van der Waals surface area (Å²) in [6.45, 7) is -0.114. The molecular formula is C18H16FN3O4. The van der Waals surface area contributed by atoms with Gasteiger partial charge in [-0.3, -0.25) is 9.59 Å². The van der Waals surface area contributed by atoms with Crippen molar-refractivity contribution < 1.29 is 23.5 Å². The van der Waals surface area contributed by atoms with E-state index in [4.69, 9.17) is 4.74 Å². The lowest BCUT2D eigenvalue weighted by Crippen LogP contribution is -2.58. The van der Waals surface area contributed by atoms with Crippen LogP contribution >= 0.6 is 0 Å². The molecule has 3 rings (SSSR count). The maximum atomic E-state index is 13.1. The second-order valence-electron chi connectivity index (χ2n) is 5.61. The number of imide groups is 1. The maximum Gasteiger partial charge on any atom is 0.328 e. The van der Waals surface area contributed by atoms with Crippen LogP contribution in [0.5, 0.6) is 5.75 Å². The molecule has 2 aromatic carbocycles. The first-order valence-corrected chi connectivity index (χ1v) is 7.82. The molecule has 0 radical (unpaired) electrons. The van der Waals surface area contributed by atoms with Crippen molar-refractivity contribution in [1.82, 2.24) is 5.32 Å². The van der Waals surface area contributed by atoms with Gasteiger partial charge < -0.3 is 15.4 Å². The first-order chi connectivity index (χ1) is 12.5. The molecule has 1 unspecified atom stereocenters. The van der Waals surface area contributed by atoms with Gasteiger partial charge in [-0.1, -0.05) is 0 Å². The van der Waals surface area contributed by atoms with Gasteiger partial charge in [0.2, 0.25) is 11.8 Å². The van der Waals surface area contributed by atoms with E-state index in [9.17, 15) is 18.8 Å². The normalized spacial score (nSPS) is 16.8. The van der Waals surface area contributed by atoms with Crippen molar-refractivity contribution in [2.75, 3.05) is 23.9 Å². The summed E-state index contributed by atoms with van der Waals surface area (Å²) in [5.41, 5.74) is 0.685. The van der Waals surface area contributed by atoms with Crippen LogP contribution in [0.3, 0.4) is 0 Å². The van der Waals surface area contributed by atoms with Crippen molar-refractivity contribution >= 4 is 29.2 Å². The summed E-state index contributed by atoms with van der Waals surface area (Å²) in [6, 6.07) is 10.8. The molecule has 2 N–H and O–H groups in total. The van der Waals surface area contributed by atoms with Crippen molar-refractivity contribution in [2.45, 2.75) is 0 Å². The molecule has 0 bridgehead atoms. The molecule has 7 nitrogen and oxygen atoms in total. The van der Waals surface area contributed by atoms with Crippen LogP contribution in [-0.2, 0) is 9.59 Å². The smallest absolute Gasteiger partial charge is 0.328 e. The van der Waals surface area contributed by atoms with Crippen LogP contribution < -0.4 is 20.3 Å². The average molecular weight is 357 g/mol. The number of carbonyl (C=O) groups excluding carboxylic acids is 3. The minimum absolute atomic E-state index is 0.114. The fourth-order valence-electron chi connectivity index (χ4n) is 2.55. The zero-order valence-electron chi connectivity index (χ0n) is 13.9. The highest BCUT2D eigenvalue weighted by molar-refractivity contribution is 6.23. The van der Waals surface area contributed by atoms with E-state index in [1.54, 1.807) is 24.3 Å². The van der Waals surface area contributed by atoms with E-state index >= 15 is 0 Å². The fourth-order valence-corrected chi connectivity index (χ4v) is 2.55. The Bertz CT molecular complexity index is 837. The van der Waals surface area contributed by atoms with Gasteiger partial charge in [0.1, 0.15) is 17.5 Å². The summed E-state index contributed by atoms with van der Waals surface area (Å²) in [5.74, 6) is -2.18. The van der Waals surface area contributed by atoms with Crippen LogP contribution in [0.25, 0.3) is 0 Å². The molecule has 8 heteroatoms. The number of hydrogen-bond acceptors (Lipinski definition) is 4. The average Bonchev–Trinajstić information content (AvgIpc) is 2.64. The lowest BCUT2D eigenvalue weighted by molar-refractivity contribution is -0.130. The number of carbonyl (C=O) groups is 3. The van der Waals surface area contributed by atoms with Gasteiger partial charge in [0.25, 0.3) is 0 Å². The number of nitrogens with zero attached hydrogens (tertiary/aromatic N) is 1. The molecule has 0 aromatic heterocycles. The van der Waals surface area contributed by atoms with E-state index in [0.29, 0.717) is 11.4 Å². The largest absolute Gasteiger partial charge is 0.497 e. The minimum atomic E-state index is -1.10. The lowest BCUT2D eigenvalue weighted by atomic mass is 10.0. The van der Waals surface area contributed by atoms with Gasteiger partial charge in [0.15, 0.2) is 0 Å². The van der Waals surface area contributed by atoms with E-state index < -0.39 is 29.6 Å². The van der Waals surface area contributed by atoms with Gasteiger partial charge in [-0.25, -0.2) is 14.1 Å². The summed E-state index contributed by atoms with van der Waals surface area (Å²) < 4.78 is 18.1. The number of ether oxygens (including phenoxy) is 1. The molecule has 26 heavy (non-hydrogen) atoms. The summed E-state index contributed by atoms with van der Waals surface area (Å²) in [5, 5.41) is 5.14. The van der Waals surface area contributed by atoms with Crippen LogP contribution in [0.1, 0.15) is 0 Å². The van der Waals surface area contributed by atoms with Gasteiger partial charge in [0, 0.05) is 12.2 Å². The Morgan fingerprint density at radius 2 is 1.81 bits per heavy atom. The molecule has 0 aliphatic carbocycles. The monoisotopic (exact) mass is 357 g/mol. The van der Waals surface area contributed by atoms with E-state index in [0.717, 1.165) is 17.0 Å². The predicted molar refractivity (Wildman–Crippen MR) is 92.4 cm³/mol. The SMILES string of the molecule is COc1ccc(NC(=O)C2CNC(=O)N(c3ccc(F)cc3)C2=O)cc1. The minimum Gasteiger partial charge on any atom is -0.497 e. The van der Waals surface area contributed by atoms with Gasteiger partial charge in [0.05, 0.1) is 12.8 Å². The molecule has 0 saturated carbocycles. The summed E-state index contributed by atoms with van der Waals surface area (Å²) in [7, 11) is 1.53. The van der Waals surface area contributed by atoms with Crippen molar-refractivity contribution in [3.63, 3.8) is 0 Å². The van der Waals surface area contributed by atoms with Crippen molar-refractivity contribution in [2.24, 2.45) is 5.92 Å². The number of anilines is 2. The second kappa shape index (κ2) is 7.22. The summed E-state index contributed by atoms with van der Waals surface area (Å²) in [4.78, 5) is 38.0. The van der Waals surface area contributed by atoms with E-state index in [2.05, 4.69) is 10.6 Å². The first kappa shape index (κ1) is 17.4. The molecule has 1 heterocycles. The molecular weight excluding hydrogens is 341 g/mol. The van der Waals surface area contributed by atoms with Crippen LogP contribution in [-0.4, -0.2) is 31.5 Å².